The van der Waals surface area contributed by atoms with Gasteiger partial charge in [0, 0.05) is 5.92 Å². The van der Waals surface area contributed by atoms with Crippen LogP contribution >= 0.6 is 0 Å². The third-order valence-electron chi connectivity index (χ3n) is 4.07. The van der Waals surface area contributed by atoms with E-state index < -0.39 is 36.7 Å². The zero-order valence-corrected chi connectivity index (χ0v) is 14.3. The SMILES string of the molecule is CC(C)C(=O)c1cc(CO)ccc1O[C@@H]1O[C@H](C(=O)O)[C@@H](O)[C@H](O)[C@H]1O. The highest BCUT2D eigenvalue weighted by atomic mass is 16.7. The van der Waals surface area contributed by atoms with E-state index in [0.717, 1.165) is 0 Å². The molecular weight excluding hydrogens is 348 g/mol. The molecule has 0 aliphatic carbocycles. The Morgan fingerprint density at radius 3 is 2.35 bits per heavy atom. The van der Waals surface area contributed by atoms with Gasteiger partial charge < -0.3 is 35.0 Å². The van der Waals surface area contributed by atoms with Crippen molar-refractivity contribution >= 4 is 11.8 Å². The number of benzene rings is 1. The largest absolute Gasteiger partial charge is 0.479 e. The number of carbonyl (C=O) groups excluding carboxylic acids is 1. The van der Waals surface area contributed by atoms with Crippen LogP contribution in [0.4, 0.5) is 0 Å². The Hall–Kier alpha value is -2.04. The summed E-state index contributed by atoms with van der Waals surface area (Å²) in [5.74, 6) is -2.22. The third kappa shape index (κ3) is 4.02. The number of aliphatic hydroxyl groups is 4. The number of ketones is 1. The minimum atomic E-state index is -1.84. The number of carbonyl (C=O) groups is 2. The molecule has 1 aliphatic heterocycles. The number of hydrogen-bond acceptors (Lipinski definition) is 8. The molecule has 0 bridgehead atoms. The van der Waals surface area contributed by atoms with Gasteiger partial charge in [-0.05, 0) is 17.7 Å². The zero-order valence-electron chi connectivity index (χ0n) is 14.3. The van der Waals surface area contributed by atoms with Crippen LogP contribution < -0.4 is 4.74 Å². The van der Waals surface area contributed by atoms with Crippen LogP contribution in [0.25, 0.3) is 0 Å². The lowest BCUT2D eigenvalue weighted by molar-refractivity contribution is -0.271. The molecule has 1 heterocycles. The Bertz CT molecular complexity index is 672. The van der Waals surface area contributed by atoms with Gasteiger partial charge in [0.2, 0.25) is 6.29 Å². The average molecular weight is 370 g/mol. The van der Waals surface area contributed by atoms with Crippen LogP contribution in [0.2, 0.25) is 0 Å². The van der Waals surface area contributed by atoms with E-state index in [1.807, 2.05) is 0 Å². The maximum Gasteiger partial charge on any atom is 0.335 e. The van der Waals surface area contributed by atoms with E-state index in [0.29, 0.717) is 5.56 Å². The maximum absolute atomic E-state index is 12.4. The summed E-state index contributed by atoms with van der Waals surface area (Å²) in [7, 11) is 0. The molecule has 1 fully saturated rings. The first-order valence-electron chi connectivity index (χ1n) is 8.04. The Morgan fingerprint density at radius 2 is 1.81 bits per heavy atom. The van der Waals surface area contributed by atoms with Crippen molar-refractivity contribution in [2.24, 2.45) is 5.92 Å². The van der Waals surface area contributed by atoms with E-state index in [1.54, 1.807) is 13.8 Å². The summed E-state index contributed by atoms with van der Waals surface area (Å²) in [5, 5.41) is 47.9. The van der Waals surface area contributed by atoms with Crippen molar-refractivity contribution in [3.63, 3.8) is 0 Å². The number of hydrogen-bond donors (Lipinski definition) is 5. The normalized spacial score (nSPS) is 28.8. The highest BCUT2D eigenvalue weighted by Gasteiger charge is 2.48. The van der Waals surface area contributed by atoms with E-state index >= 15 is 0 Å². The number of aliphatic carboxylic acids is 1. The summed E-state index contributed by atoms with van der Waals surface area (Å²) in [5.41, 5.74) is 0.583. The van der Waals surface area contributed by atoms with Crippen molar-refractivity contribution in [1.82, 2.24) is 0 Å². The molecule has 9 heteroatoms. The molecule has 1 aliphatic rings. The lowest BCUT2D eigenvalue weighted by atomic mass is 9.97. The first-order chi connectivity index (χ1) is 12.2. The van der Waals surface area contributed by atoms with E-state index in [2.05, 4.69) is 0 Å². The standard InChI is InChI=1S/C17H22O9/c1-7(2)11(19)9-5-8(6-18)3-4-10(9)25-17-14(22)12(20)13(21)15(26-17)16(23)24/h3-5,7,12-15,17-18,20-22H,6H2,1-2H3,(H,23,24)/t12-,13-,14+,15-,17+/m0/s1. The molecule has 0 amide bonds. The summed E-state index contributed by atoms with van der Waals surface area (Å²) in [6.07, 6.45) is -8.81. The van der Waals surface area contributed by atoms with Gasteiger partial charge in [0.05, 0.1) is 12.2 Å². The topological polar surface area (TPSA) is 154 Å². The van der Waals surface area contributed by atoms with Gasteiger partial charge in [-0.3, -0.25) is 4.79 Å². The molecule has 0 radical (unpaired) electrons. The second kappa shape index (κ2) is 8.11. The number of Topliss-reactive ketones (excluding diaryl/α,β-unsaturated/α-hetero) is 1. The summed E-state index contributed by atoms with van der Waals surface area (Å²) in [6.45, 7) is 3.04. The van der Waals surface area contributed by atoms with E-state index in [9.17, 15) is 30.0 Å². The van der Waals surface area contributed by atoms with Gasteiger partial charge in [0.25, 0.3) is 0 Å². The van der Waals surface area contributed by atoms with Crippen LogP contribution in [-0.2, 0) is 16.1 Å². The molecule has 5 atom stereocenters. The Labute approximate surface area is 149 Å². The summed E-state index contributed by atoms with van der Waals surface area (Å²) in [6, 6.07) is 4.29. The second-order valence-electron chi connectivity index (χ2n) is 6.36. The van der Waals surface area contributed by atoms with Gasteiger partial charge >= 0.3 is 5.97 Å². The van der Waals surface area contributed by atoms with Crippen LogP contribution in [0.1, 0.15) is 29.8 Å². The first kappa shape index (κ1) is 20.3. The van der Waals surface area contributed by atoms with Crippen molar-refractivity contribution in [3.05, 3.63) is 29.3 Å². The highest BCUT2D eigenvalue weighted by Crippen LogP contribution is 2.29. The maximum atomic E-state index is 12.4. The van der Waals surface area contributed by atoms with Crippen molar-refractivity contribution in [2.45, 2.75) is 51.2 Å². The van der Waals surface area contributed by atoms with Gasteiger partial charge in [-0.2, -0.15) is 0 Å². The zero-order chi connectivity index (χ0) is 19.6. The van der Waals surface area contributed by atoms with E-state index in [4.69, 9.17) is 14.6 Å². The van der Waals surface area contributed by atoms with Crippen molar-refractivity contribution in [3.8, 4) is 5.75 Å². The van der Waals surface area contributed by atoms with Gasteiger partial charge in [0.15, 0.2) is 11.9 Å². The van der Waals surface area contributed by atoms with Gasteiger partial charge in [0.1, 0.15) is 24.1 Å². The fourth-order valence-electron chi connectivity index (χ4n) is 2.56. The van der Waals surface area contributed by atoms with Gasteiger partial charge in [-0.25, -0.2) is 4.79 Å². The predicted octanol–water partition coefficient (Wildman–Crippen LogP) is -0.711. The minimum Gasteiger partial charge on any atom is -0.479 e. The Morgan fingerprint density at radius 1 is 1.15 bits per heavy atom. The predicted molar refractivity (Wildman–Crippen MR) is 86.5 cm³/mol. The summed E-state index contributed by atoms with van der Waals surface area (Å²) in [4.78, 5) is 23.5. The van der Waals surface area contributed by atoms with Gasteiger partial charge in [-0.1, -0.05) is 19.9 Å². The molecule has 144 valence electrons. The van der Waals surface area contributed by atoms with Crippen molar-refractivity contribution in [2.75, 3.05) is 0 Å². The smallest absolute Gasteiger partial charge is 0.335 e. The minimum absolute atomic E-state index is 0.00215. The average Bonchev–Trinajstić information content (AvgIpc) is 2.61. The second-order valence-corrected chi connectivity index (χ2v) is 6.36. The molecule has 9 nitrogen and oxygen atoms in total. The Kier molecular flexibility index (Phi) is 6.32. The van der Waals surface area contributed by atoms with Gasteiger partial charge in [-0.15, -0.1) is 0 Å². The lowest BCUT2D eigenvalue weighted by Gasteiger charge is -2.38. The summed E-state index contributed by atoms with van der Waals surface area (Å²) < 4.78 is 10.5. The molecule has 0 unspecified atom stereocenters. The molecule has 1 saturated heterocycles. The Balaban J connectivity index is 2.34. The van der Waals surface area contributed by atoms with Crippen LogP contribution in [0, 0.1) is 5.92 Å². The lowest BCUT2D eigenvalue weighted by Crippen LogP contribution is -2.61. The van der Waals surface area contributed by atoms with Crippen LogP contribution in [0.5, 0.6) is 5.75 Å². The third-order valence-corrected chi connectivity index (χ3v) is 4.07. The molecule has 2 rings (SSSR count). The van der Waals surface area contributed by atoms with Crippen LogP contribution in [-0.4, -0.2) is 68.0 Å². The number of aliphatic hydroxyl groups excluding tert-OH is 4. The fraction of sp³-hybridized carbons (Fsp3) is 0.529. The molecule has 1 aromatic carbocycles. The summed E-state index contributed by atoms with van der Waals surface area (Å²) >= 11 is 0. The monoisotopic (exact) mass is 370 g/mol. The molecule has 5 N–H and O–H groups in total. The number of rotatable bonds is 6. The highest BCUT2D eigenvalue weighted by molar-refractivity contribution is 6.00. The quantitative estimate of drug-likeness (QED) is 0.408. The van der Waals surface area contributed by atoms with E-state index in [1.165, 1.54) is 18.2 Å². The number of carboxylic acid groups (broad SMARTS) is 1. The number of ether oxygens (including phenoxy) is 2. The van der Waals surface area contributed by atoms with Crippen molar-refractivity contribution in [1.29, 1.82) is 0 Å². The first-order valence-corrected chi connectivity index (χ1v) is 8.04. The fourth-order valence-corrected chi connectivity index (χ4v) is 2.56. The molecule has 1 aromatic rings. The molecule has 26 heavy (non-hydrogen) atoms. The molecular formula is C17H22O9. The molecule has 0 saturated carbocycles. The van der Waals surface area contributed by atoms with E-state index in [-0.39, 0.29) is 29.6 Å². The van der Waals surface area contributed by atoms with Crippen LogP contribution in [0.3, 0.4) is 0 Å². The molecule has 0 aromatic heterocycles. The number of carboxylic acids is 1. The van der Waals surface area contributed by atoms with Crippen molar-refractivity contribution < 1.29 is 44.6 Å². The van der Waals surface area contributed by atoms with Crippen LogP contribution in [0.15, 0.2) is 18.2 Å². The molecule has 0 spiro atoms.